The fraction of sp³-hybridized carbons (Fsp3) is 0.500. The van der Waals surface area contributed by atoms with Gasteiger partial charge in [0.25, 0.3) is 5.69 Å². The maximum atomic E-state index is 11.9. The summed E-state index contributed by atoms with van der Waals surface area (Å²) in [5, 5.41) is 10.7. The summed E-state index contributed by atoms with van der Waals surface area (Å²) in [6.07, 6.45) is 4.44. The number of hydrogen-bond acceptors (Lipinski definition) is 5. The molecule has 0 spiro atoms. The SMILES string of the molecule is CCCCCS(=O)(=O)c1cnccc1[N+](=O)[O-]. The van der Waals surface area contributed by atoms with Gasteiger partial charge in [-0.1, -0.05) is 19.8 Å². The van der Waals surface area contributed by atoms with Gasteiger partial charge in [-0.3, -0.25) is 15.1 Å². The highest BCUT2D eigenvalue weighted by atomic mass is 32.2. The lowest BCUT2D eigenvalue weighted by molar-refractivity contribution is -0.387. The van der Waals surface area contributed by atoms with Crippen LogP contribution in [0, 0.1) is 10.1 Å². The Bertz CT molecular complexity index is 499. The normalized spacial score (nSPS) is 11.4. The predicted octanol–water partition coefficient (Wildman–Crippen LogP) is 1.95. The Balaban J connectivity index is 3.02. The van der Waals surface area contributed by atoms with Crippen molar-refractivity contribution in [2.45, 2.75) is 31.1 Å². The van der Waals surface area contributed by atoms with E-state index in [0.29, 0.717) is 6.42 Å². The summed E-state index contributed by atoms with van der Waals surface area (Å²) < 4.78 is 23.8. The van der Waals surface area contributed by atoms with E-state index in [1.54, 1.807) is 0 Å². The van der Waals surface area contributed by atoms with Crippen molar-refractivity contribution in [1.29, 1.82) is 0 Å². The zero-order valence-corrected chi connectivity index (χ0v) is 10.3. The smallest absolute Gasteiger partial charge is 0.263 e. The molecule has 0 bridgehead atoms. The molecule has 1 aromatic heterocycles. The van der Waals surface area contributed by atoms with Crippen molar-refractivity contribution in [1.82, 2.24) is 4.98 Å². The Morgan fingerprint density at radius 1 is 1.41 bits per heavy atom. The van der Waals surface area contributed by atoms with E-state index < -0.39 is 20.4 Å². The third-order valence-corrected chi connectivity index (χ3v) is 4.12. The largest absolute Gasteiger partial charge is 0.291 e. The molecule has 1 aromatic rings. The molecule has 0 N–H and O–H groups in total. The molecule has 0 radical (unpaired) electrons. The van der Waals surface area contributed by atoms with Gasteiger partial charge >= 0.3 is 0 Å². The van der Waals surface area contributed by atoms with E-state index in [-0.39, 0.29) is 10.6 Å². The number of pyridine rings is 1. The van der Waals surface area contributed by atoms with Crippen LogP contribution in [0.2, 0.25) is 0 Å². The molecule has 0 saturated carbocycles. The predicted molar refractivity (Wildman–Crippen MR) is 62.5 cm³/mol. The van der Waals surface area contributed by atoms with E-state index in [0.717, 1.165) is 25.1 Å². The highest BCUT2D eigenvalue weighted by molar-refractivity contribution is 7.91. The van der Waals surface area contributed by atoms with E-state index in [1.165, 1.54) is 6.20 Å². The highest BCUT2D eigenvalue weighted by Crippen LogP contribution is 2.23. The lowest BCUT2D eigenvalue weighted by atomic mass is 10.3. The van der Waals surface area contributed by atoms with Gasteiger partial charge in [-0.25, -0.2) is 8.42 Å². The van der Waals surface area contributed by atoms with Crippen molar-refractivity contribution in [3.63, 3.8) is 0 Å². The Morgan fingerprint density at radius 2 is 2.12 bits per heavy atom. The number of rotatable bonds is 6. The molecule has 0 aliphatic rings. The van der Waals surface area contributed by atoms with Gasteiger partial charge in [0, 0.05) is 12.3 Å². The Labute approximate surface area is 99.8 Å². The molecule has 0 aromatic carbocycles. The lowest BCUT2D eigenvalue weighted by Crippen LogP contribution is -2.09. The van der Waals surface area contributed by atoms with Gasteiger partial charge in [0.05, 0.1) is 16.9 Å². The molecule has 0 aliphatic carbocycles. The van der Waals surface area contributed by atoms with Crippen LogP contribution in [0.15, 0.2) is 23.4 Å². The zero-order chi connectivity index (χ0) is 12.9. The molecule has 0 aliphatic heterocycles. The number of nitro groups is 1. The van der Waals surface area contributed by atoms with E-state index >= 15 is 0 Å². The number of sulfone groups is 1. The van der Waals surface area contributed by atoms with Crippen LogP contribution < -0.4 is 0 Å². The minimum Gasteiger partial charge on any atom is -0.263 e. The van der Waals surface area contributed by atoms with Crippen molar-refractivity contribution >= 4 is 15.5 Å². The van der Waals surface area contributed by atoms with Crippen LogP contribution in [0.5, 0.6) is 0 Å². The van der Waals surface area contributed by atoms with Crippen molar-refractivity contribution in [2.75, 3.05) is 5.75 Å². The summed E-state index contributed by atoms with van der Waals surface area (Å²) in [6, 6.07) is 1.10. The van der Waals surface area contributed by atoms with Crippen LogP contribution in [-0.4, -0.2) is 24.1 Å². The molecule has 0 amide bonds. The molecule has 0 saturated heterocycles. The Hall–Kier alpha value is -1.50. The molecule has 7 heteroatoms. The average molecular weight is 258 g/mol. The van der Waals surface area contributed by atoms with Gasteiger partial charge in [-0.05, 0) is 6.42 Å². The summed E-state index contributed by atoms with van der Waals surface area (Å²) in [5.41, 5.74) is -0.406. The summed E-state index contributed by atoms with van der Waals surface area (Å²) >= 11 is 0. The number of aromatic nitrogens is 1. The fourth-order valence-electron chi connectivity index (χ4n) is 1.42. The zero-order valence-electron chi connectivity index (χ0n) is 9.50. The first-order valence-electron chi connectivity index (χ1n) is 5.30. The number of hydrogen-bond donors (Lipinski definition) is 0. The lowest BCUT2D eigenvalue weighted by Gasteiger charge is -2.03. The molecule has 0 fully saturated rings. The summed E-state index contributed by atoms with van der Waals surface area (Å²) in [4.78, 5) is 13.4. The molecule has 6 nitrogen and oxygen atoms in total. The highest BCUT2D eigenvalue weighted by Gasteiger charge is 2.25. The van der Waals surface area contributed by atoms with Crippen molar-refractivity contribution in [2.24, 2.45) is 0 Å². The minimum atomic E-state index is -3.61. The van der Waals surface area contributed by atoms with Crippen molar-refractivity contribution in [3.8, 4) is 0 Å². The maximum Gasteiger partial charge on any atom is 0.291 e. The average Bonchev–Trinajstić information content (AvgIpc) is 2.29. The molecule has 1 rings (SSSR count). The number of nitrogens with zero attached hydrogens (tertiary/aromatic N) is 2. The van der Waals surface area contributed by atoms with Crippen molar-refractivity contribution in [3.05, 3.63) is 28.6 Å². The van der Waals surface area contributed by atoms with Crippen LogP contribution >= 0.6 is 0 Å². The van der Waals surface area contributed by atoms with Gasteiger partial charge in [-0.15, -0.1) is 0 Å². The second-order valence-electron chi connectivity index (χ2n) is 3.63. The molecular formula is C10H14N2O4S. The quantitative estimate of drug-likeness (QED) is 0.442. The summed E-state index contributed by atoms with van der Waals surface area (Å²) in [6.45, 7) is 1.96. The van der Waals surface area contributed by atoms with Crippen LogP contribution in [0.25, 0.3) is 0 Å². The Morgan fingerprint density at radius 3 is 2.71 bits per heavy atom. The third kappa shape index (κ3) is 3.48. The number of unbranched alkanes of at least 4 members (excludes halogenated alkanes) is 2. The Kier molecular flexibility index (Phi) is 4.56. The molecule has 0 atom stereocenters. The van der Waals surface area contributed by atoms with E-state index in [9.17, 15) is 18.5 Å². The first kappa shape index (κ1) is 13.6. The molecule has 1 heterocycles. The van der Waals surface area contributed by atoms with Crippen LogP contribution in [0.3, 0.4) is 0 Å². The topological polar surface area (TPSA) is 90.2 Å². The van der Waals surface area contributed by atoms with E-state index in [4.69, 9.17) is 0 Å². The van der Waals surface area contributed by atoms with E-state index in [2.05, 4.69) is 4.98 Å². The second kappa shape index (κ2) is 5.72. The van der Waals surface area contributed by atoms with E-state index in [1.807, 2.05) is 6.92 Å². The molecule has 94 valence electrons. The molecule has 0 unspecified atom stereocenters. The standard InChI is InChI=1S/C10H14N2O4S/c1-2-3-4-7-17(15,16)10-8-11-6-5-9(10)12(13)14/h5-6,8H,2-4,7H2,1H3. The van der Waals surface area contributed by atoms with Crippen molar-refractivity contribution < 1.29 is 13.3 Å². The molecular weight excluding hydrogens is 244 g/mol. The second-order valence-corrected chi connectivity index (χ2v) is 5.70. The minimum absolute atomic E-state index is 0.0760. The first-order valence-corrected chi connectivity index (χ1v) is 6.95. The van der Waals surface area contributed by atoms with Gasteiger partial charge in [0.1, 0.15) is 0 Å². The van der Waals surface area contributed by atoms with Gasteiger partial charge in [-0.2, -0.15) is 0 Å². The van der Waals surface area contributed by atoms with Crippen LogP contribution in [0.4, 0.5) is 5.69 Å². The first-order chi connectivity index (χ1) is 7.99. The fourth-order valence-corrected chi connectivity index (χ4v) is 2.90. The monoisotopic (exact) mass is 258 g/mol. The van der Waals surface area contributed by atoms with Crippen LogP contribution in [0.1, 0.15) is 26.2 Å². The maximum absolute atomic E-state index is 11.9. The summed E-state index contributed by atoms with van der Waals surface area (Å²) in [7, 11) is -3.61. The third-order valence-electron chi connectivity index (χ3n) is 2.31. The molecule has 17 heavy (non-hydrogen) atoms. The summed E-state index contributed by atoms with van der Waals surface area (Å²) in [5.74, 6) is -0.0760. The van der Waals surface area contributed by atoms with Gasteiger partial charge < -0.3 is 0 Å². The van der Waals surface area contributed by atoms with Gasteiger partial charge in [0.2, 0.25) is 0 Å². The van der Waals surface area contributed by atoms with Gasteiger partial charge in [0.15, 0.2) is 14.7 Å². The van der Waals surface area contributed by atoms with Crippen LogP contribution in [-0.2, 0) is 9.84 Å².